The number of carbonyl (C=O) groups excluding carboxylic acids is 2. The van der Waals surface area contributed by atoms with Crippen molar-refractivity contribution in [2.45, 2.75) is 57.5 Å². The van der Waals surface area contributed by atoms with Crippen molar-refractivity contribution in [3.05, 3.63) is 45.9 Å². The van der Waals surface area contributed by atoms with Gasteiger partial charge in [-0.2, -0.15) is 5.26 Å². The van der Waals surface area contributed by atoms with E-state index in [1.165, 1.54) is 17.4 Å². The van der Waals surface area contributed by atoms with E-state index in [1.54, 1.807) is 12.1 Å². The fraction of sp³-hybridized carbons (Fsp3) is 0.480. The molecule has 2 fully saturated rings. The molecule has 2 aromatic rings. The van der Waals surface area contributed by atoms with E-state index >= 15 is 0 Å². The number of Topliss-reactive ketones (excluding diaryl/α,β-unsaturated/α-hetero) is 1. The molecule has 0 radical (unpaired) electrons. The van der Waals surface area contributed by atoms with Crippen LogP contribution >= 0.6 is 11.3 Å². The van der Waals surface area contributed by atoms with Gasteiger partial charge in [0.25, 0.3) is 5.91 Å². The zero-order valence-corrected chi connectivity index (χ0v) is 19.0. The van der Waals surface area contributed by atoms with Crippen LogP contribution in [0.15, 0.2) is 29.6 Å². The lowest BCUT2D eigenvalue weighted by atomic mass is 9.88. The Bertz CT molecular complexity index is 1040. The van der Waals surface area contributed by atoms with Crippen LogP contribution in [0.25, 0.3) is 11.1 Å². The maximum Gasteiger partial charge on any atom is 0.261 e. The number of hydrogen-bond donors (Lipinski definition) is 2. The van der Waals surface area contributed by atoms with Crippen molar-refractivity contribution >= 4 is 23.0 Å². The molecule has 1 aliphatic carbocycles. The first kappa shape index (κ1) is 22.6. The summed E-state index contributed by atoms with van der Waals surface area (Å²) in [6, 6.07) is 9.20. The number of halogens is 1. The van der Waals surface area contributed by atoms with E-state index in [-0.39, 0.29) is 30.6 Å². The molecule has 5 nitrogen and oxygen atoms in total. The zero-order valence-electron chi connectivity index (χ0n) is 18.2. The van der Waals surface area contributed by atoms with Gasteiger partial charge in [-0.25, -0.2) is 4.39 Å². The lowest BCUT2D eigenvalue weighted by Crippen LogP contribution is -2.42. The van der Waals surface area contributed by atoms with E-state index in [1.807, 2.05) is 18.4 Å². The van der Waals surface area contributed by atoms with Gasteiger partial charge in [-0.3, -0.25) is 9.59 Å². The predicted octanol–water partition coefficient (Wildman–Crippen LogP) is 4.48. The quantitative estimate of drug-likeness (QED) is 0.587. The van der Waals surface area contributed by atoms with Crippen molar-refractivity contribution in [2.24, 2.45) is 11.8 Å². The summed E-state index contributed by atoms with van der Waals surface area (Å²) in [7, 11) is 0. The first-order valence-electron chi connectivity index (χ1n) is 11.3. The van der Waals surface area contributed by atoms with Crippen LogP contribution in [-0.4, -0.2) is 30.3 Å². The highest BCUT2D eigenvalue weighted by molar-refractivity contribution is 7.12. The van der Waals surface area contributed by atoms with Gasteiger partial charge in [-0.15, -0.1) is 11.3 Å². The van der Waals surface area contributed by atoms with Gasteiger partial charge in [0.2, 0.25) is 0 Å². The Balaban J connectivity index is 1.39. The van der Waals surface area contributed by atoms with E-state index < -0.39 is 11.7 Å². The molecule has 4 rings (SSSR count). The van der Waals surface area contributed by atoms with Crippen LogP contribution in [0.4, 0.5) is 4.39 Å². The fourth-order valence-corrected chi connectivity index (χ4v) is 5.67. The SMILES string of the molecule is CCCNC(=O)c1cc(-c2ccc(C[C@@H](C#N)CC(=O)[C@H]3N[C@@H]4CC[C@H]3C4)c(F)c2)cs1. The molecular weight excluding hydrogens is 425 g/mol. The molecule has 1 aliphatic heterocycles. The lowest BCUT2D eigenvalue weighted by molar-refractivity contribution is -0.122. The Morgan fingerprint density at radius 1 is 1.31 bits per heavy atom. The summed E-state index contributed by atoms with van der Waals surface area (Å²) in [5.41, 5.74) is 1.91. The highest BCUT2D eigenvalue weighted by atomic mass is 32.1. The van der Waals surface area contributed by atoms with Crippen molar-refractivity contribution in [3.63, 3.8) is 0 Å². The van der Waals surface area contributed by atoms with Crippen LogP contribution in [0, 0.1) is 29.0 Å². The highest BCUT2D eigenvalue weighted by Gasteiger charge is 2.42. The third-order valence-corrected chi connectivity index (χ3v) is 7.48. The summed E-state index contributed by atoms with van der Waals surface area (Å²) in [5, 5.41) is 17.6. The second-order valence-corrected chi connectivity index (χ2v) is 9.79. The second kappa shape index (κ2) is 9.93. The van der Waals surface area contributed by atoms with Crippen LogP contribution in [0.1, 0.15) is 54.3 Å². The van der Waals surface area contributed by atoms with Crippen molar-refractivity contribution in [1.82, 2.24) is 10.6 Å². The van der Waals surface area contributed by atoms with Gasteiger partial charge in [-0.05, 0) is 72.2 Å². The molecule has 32 heavy (non-hydrogen) atoms. The van der Waals surface area contributed by atoms with E-state index in [2.05, 4.69) is 16.7 Å². The van der Waals surface area contributed by atoms with Gasteiger partial charge in [0.15, 0.2) is 5.78 Å². The Morgan fingerprint density at radius 2 is 2.16 bits per heavy atom. The topological polar surface area (TPSA) is 82.0 Å². The highest BCUT2D eigenvalue weighted by Crippen LogP contribution is 2.36. The van der Waals surface area contributed by atoms with Crippen molar-refractivity contribution in [1.29, 1.82) is 5.26 Å². The lowest BCUT2D eigenvalue weighted by Gasteiger charge is -2.22. The third kappa shape index (κ3) is 4.92. The normalized spacial score (nSPS) is 22.5. The molecule has 168 valence electrons. The van der Waals surface area contributed by atoms with Crippen molar-refractivity contribution in [2.75, 3.05) is 6.54 Å². The van der Waals surface area contributed by atoms with Crippen LogP contribution in [-0.2, 0) is 11.2 Å². The van der Waals surface area contributed by atoms with Gasteiger partial charge in [0.05, 0.1) is 22.9 Å². The van der Waals surface area contributed by atoms with Gasteiger partial charge in [-0.1, -0.05) is 19.1 Å². The van der Waals surface area contributed by atoms with Gasteiger partial charge < -0.3 is 10.6 Å². The van der Waals surface area contributed by atoms with Crippen LogP contribution in [0.5, 0.6) is 0 Å². The number of hydrogen-bond acceptors (Lipinski definition) is 5. The van der Waals surface area contributed by atoms with Crippen LogP contribution in [0.2, 0.25) is 0 Å². The molecule has 1 saturated carbocycles. The number of amides is 1. The summed E-state index contributed by atoms with van der Waals surface area (Å²) in [4.78, 5) is 25.4. The third-order valence-electron chi connectivity index (χ3n) is 6.55. The molecule has 1 aromatic carbocycles. The molecule has 0 unspecified atom stereocenters. The Kier molecular flexibility index (Phi) is 7.02. The largest absolute Gasteiger partial charge is 0.351 e. The summed E-state index contributed by atoms with van der Waals surface area (Å²) in [6.07, 6.45) is 4.48. The van der Waals surface area contributed by atoms with E-state index in [9.17, 15) is 19.2 Å². The minimum Gasteiger partial charge on any atom is -0.351 e. The van der Waals surface area contributed by atoms with Crippen LogP contribution in [0.3, 0.4) is 0 Å². The molecule has 2 N–H and O–H groups in total. The minimum atomic E-state index is -0.543. The molecule has 7 heteroatoms. The summed E-state index contributed by atoms with van der Waals surface area (Å²) in [6.45, 7) is 2.61. The molecule has 1 amide bonds. The molecule has 4 atom stereocenters. The average Bonchev–Trinajstić information content (AvgIpc) is 3.55. The number of nitriles is 1. The smallest absolute Gasteiger partial charge is 0.261 e. The van der Waals surface area contributed by atoms with Gasteiger partial charge in [0.1, 0.15) is 5.82 Å². The molecule has 0 spiro atoms. The number of carbonyl (C=O) groups is 2. The van der Waals surface area contributed by atoms with Crippen molar-refractivity contribution in [3.8, 4) is 17.2 Å². The second-order valence-electron chi connectivity index (χ2n) is 8.88. The van der Waals surface area contributed by atoms with E-state index in [4.69, 9.17) is 0 Å². The van der Waals surface area contributed by atoms with Gasteiger partial charge >= 0.3 is 0 Å². The zero-order chi connectivity index (χ0) is 22.7. The number of nitrogens with one attached hydrogen (secondary N) is 2. The maximum absolute atomic E-state index is 14.8. The predicted molar refractivity (Wildman–Crippen MR) is 123 cm³/mol. The average molecular weight is 454 g/mol. The number of benzene rings is 1. The maximum atomic E-state index is 14.8. The Morgan fingerprint density at radius 3 is 2.81 bits per heavy atom. The molecule has 1 aromatic heterocycles. The summed E-state index contributed by atoms with van der Waals surface area (Å²) < 4.78 is 14.8. The van der Waals surface area contributed by atoms with E-state index in [0.717, 1.165) is 31.2 Å². The summed E-state index contributed by atoms with van der Waals surface area (Å²) >= 11 is 1.33. The van der Waals surface area contributed by atoms with Crippen molar-refractivity contribution < 1.29 is 14.0 Å². The number of rotatable bonds is 9. The fourth-order valence-electron chi connectivity index (χ4n) is 4.84. The van der Waals surface area contributed by atoms with E-state index in [0.29, 0.717) is 34.5 Å². The summed E-state index contributed by atoms with van der Waals surface area (Å²) in [5.74, 6) is -0.586. The van der Waals surface area contributed by atoms with Gasteiger partial charge in [0, 0.05) is 19.0 Å². The standard InChI is InChI=1S/C25H28FN3O2S/c1-2-7-28-25(31)23-12-19(14-32-23)16-3-4-17(21(26)11-16)8-15(13-27)9-22(30)24-18-5-6-20(10-18)29-24/h3-4,11-12,14-15,18,20,24,29H,2,5-10H2,1H3,(H,28,31)/t15-,18+,20-,24+/m1/s1. The number of ketones is 1. The molecular formula is C25H28FN3O2S. The molecule has 2 heterocycles. The molecule has 2 aliphatic rings. The first-order chi connectivity index (χ1) is 15.5. The number of thiophene rings is 1. The van der Waals surface area contributed by atoms with Crippen LogP contribution < -0.4 is 10.6 Å². The Labute approximate surface area is 192 Å². The monoisotopic (exact) mass is 453 g/mol. The number of nitrogens with zero attached hydrogens (tertiary/aromatic N) is 1. The molecule has 1 saturated heterocycles. The molecule has 2 bridgehead atoms. The Hall–Kier alpha value is -2.56. The number of fused-ring (bicyclic) bond motifs is 2. The first-order valence-corrected chi connectivity index (χ1v) is 12.2. The number of piperidine rings is 1. The minimum absolute atomic E-state index is 0.0768.